The van der Waals surface area contributed by atoms with Crippen LogP contribution >= 0.6 is 0 Å². The number of carbonyl (C=O) groups excluding carboxylic acids is 2. The molecule has 2 amide bonds. The number of nitrogens with zero attached hydrogens (tertiary/aromatic N) is 2. The predicted octanol–water partition coefficient (Wildman–Crippen LogP) is 5.16. The average Bonchev–Trinajstić information content (AvgIpc) is 3.21. The molecule has 2 fully saturated rings. The summed E-state index contributed by atoms with van der Waals surface area (Å²) in [6.45, 7) is 0.295. The van der Waals surface area contributed by atoms with Gasteiger partial charge in [0.2, 0.25) is 15.9 Å². The van der Waals surface area contributed by atoms with Gasteiger partial charge in [0.1, 0.15) is 0 Å². The molecule has 0 atom stereocenters. The minimum atomic E-state index is -5.84. The molecule has 8 nitrogen and oxygen atoms in total. The van der Waals surface area contributed by atoms with Crippen LogP contribution in [0.2, 0.25) is 0 Å². The van der Waals surface area contributed by atoms with Crippen molar-refractivity contribution in [3.8, 4) is 0 Å². The Morgan fingerprint density at radius 2 is 1.56 bits per heavy atom. The summed E-state index contributed by atoms with van der Waals surface area (Å²) in [5.41, 5.74) is -0.710. The van der Waals surface area contributed by atoms with Gasteiger partial charge in [-0.2, -0.15) is 39.5 Å². The molecule has 1 N–H and O–H groups in total. The van der Waals surface area contributed by atoms with Gasteiger partial charge in [-0.1, -0.05) is 6.07 Å². The van der Waals surface area contributed by atoms with Gasteiger partial charge in [-0.3, -0.25) is 14.4 Å². The number of alkyl halides is 9. The summed E-state index contributed by atoms with van der Waals surface area (Å²) in [6.07, 6.45) is -20.1. The minimum Gasteiger partial charge on any atom is -0.426 e. The molecule has 244 valence electrons. The summed E-state index contributed by atoms with van der Waals surface area (Å²) in [4.78, 5) is 26.8. The molecule has 1 spiro atoms. The Labute approximate surface area is 241 Å². The van der Waals surface area contributed by atoms with E-state index in [9.17, 15) is 57.5 Å². The number of ether oxygens (including phenoxy) is 1. The van der Waals surface area contributed by atoms with Crippen LogP contribution in [0.25, 0.3) is 0 Å². The van der Waals surface area contributed by atoms with E-state index in [0.717, 1.165) is 23.3 Å². The number of benzene rings is 1. The van der Waals surface area contributed by atoms with Crippen molar-refractivity contribution in [3.05, 3.63) is 34.9 Å². The standard InChI is InChI=1S/C25H30F9N3O5S/c1-43(40,41)35-19(38)5-2-4-16-14-18(23(26,27)28)7-6-17(16)15-37-11-3-8-22(37)9-12-36(13-10-22)21(39)42-20(24(29,30)31)25(32,33)34/h6-7,14,20H,2-5,8-13,15H2,1H3,(H,35,38). The summed E-state index contributed by atoms with van der Waals surface area (Å²) in [5.74, 6) is -0.809. The SMILES string of the molecule is CS(=O)(=O)NC(=O)CCCc1cc(C(F)(F)F)ccc1CN1CCCC12CCN(C(=O)OC(C(F)(F)F)C(F)(F)F)CC2. The number of nitrogens with one attached hydrogen (secondary N) is 1. The Balaban J connectivity index is 1.71. The molecule has 0 radical (unpaired) electrons. The molecule has 2 aliphatic heterocycles. The van der Waals surface area contributed by atoms with E-state index >= 15 is 0 Å². The minimum absolute atomic E-state index is 0.0243. The van der Waals surface area contributed by atoms with Crippen LogP contribution in [0, 0.1) is 0 Å². The number of hydrogen-bond donors (Lipinski definition) is 1. The second-order valence-corrected chi connectivity index (χ2v) is 12.5. The van der Waals surface area contributed by atoms with E-state index in [1.54, 1.807) is 4.72 Å². The number of hydrogen-bond acceptors (Lipinski definition) is 6. The fraction of sp³-hybridized carbons (Fsp3) is 0.680. The van der Waals surface area contributed by atoms with Gasteiger partial charge in [-0.15, -0.1) is 0 Å². The van der Waals surface area contributed by atoms with E-state index in [4.69, 9.17) is 0 Å². The highest BCUT2D eigenvalue weighted by atomic mass is 32.2. The van der Waals surface area contributed by atoms with Crippen LogP contribution in [0.4, 0.5) is 44.3 Å². The van der Waals surface area contributed by atoms with Gasteiger partial charge in [0.25, 0.3) is 6.10 Å². The van der Waals surface area contributed by atoms with E-state index < -0.39 is 57.8 Å². The van der Waals surface area contributed by atoms with E-state index in [-0.39, 0.29) is 57.3 Å². The molecule has 1 aromatic carbocycles. The quantitative estimate of drug-likeness (QED) is 0.389. The van der Waals surface area contributed by atoms with Crippen LogP contribution in [0.1, 0.15) is 55.2 Å². The summed E-state index contributed by atoms with van der Waals surface area (Å²) in [6, 6.07) is 3.18. The monoisotopic (exact) mass is 655 g/mol. The number of piperidine rings is 1. The molecule has 0 aliphatic carbocycles. The predicted molar refractivity (Wildman–Crippen MR) is 133 cm³/mol. The van der Waals surface area contributed by atoms with Crippen molar-refractivity contribution in [2.24, 2.45) is 0 Å². The summed E-state index contributed by atoms with van der Waals surface area (Å²) in [5, 5.41) is 0. The van der Waals surface area contributed by atoms with Crippen molar-refractivity contribution < 1.29 is 62.3 Å². The lowest BCUT2D eigenvalue weighted by Gasteiger charge is -2.45. The Morgan fingerprint density at radius 3 is 2.09 bits per heavy atom. The molecular weight excluding hydrogens is 625 g/mol. The lowest BCUT2D eigenvalue weighted by Crippen LogP contribution is -2.54. The van der Waals surface area contributed by atoms with E-state index in [2.05, 4.69) is 4.74 Å². The lowest BCUT2D eigenvalue weighted by atomic mass is 9.84. The zero-order valence-corrected chi connectivity index (χ0v) is 23.6. The van der Waals surface area contributed by atoms with Gasteiger partial charge in [-0.05, 0) is 68.3 Å². The third kappa shape index (κ3) is 9.36. The third-order valence-corrected chi connectivity index (χ3v) is 8.15. The highest BCUT2D eigenvalue weighted by molar-refractivity contribution is 7.89. The number of carbonyl (C=O) groups is 2. The maximum absolute atomic E-state index is 13.4. The number of rotatable bonds is 8. The number of sulfonamides is 1. The third-order valence-electron chi connectivity index (χ3n) is 7.55. The van der Waals surface area contributed by atoms with Crippen molar-refractivity contribution in [2.45, 2.75) is 81.7 Å². The van der Waals surface area contributed by atoms with Crippen LogP contribution in [-0.2, 0) is 38.7 Å². The fourth-order valence-electron chi connectivity index (χ4n) is 5.50. The highest BCUT2D eigenvalue weighted by Gasteiger charge is 2.60. The molecule has 0 saturated carbocycles. The Kier molecular flexibility index (Phi) is 10.2. The number of aryl methyl sites for hydroxylation is 1. The first-order valence-corrected chi connectivity index (χ1v) is 15.0. The van der Waals surface area contributed by atoms with Crippen LogP contribution in [-0.4, -0.2) is 80.1 Å². The summed E-state index contributed by atoms with van der Waals surface area (Å²) < 4.78 is 145. The van der Waals surface area contributed by atoms with E-state index in [1.807, 2.05) is 4.90 Å². The van der Waals surface area contributed by atoms with Gasteiger partial charge in [0, 0.05) is 31.6 Å². The van der Waals surface area contributed by atoms with Crippen LogP contribution in [0.5, 0.6) is 0 Å². The first kappa shape index (κ1) is 34.7. The van der Waals surface area contributed by atoms with Gasteiger partial charge < -0.3 is 9.64 Å². The first-order chi connectivity index (χ1) is 19.6. The zero-order valence-electron chi connectivity index (χ0n) is 22.8. The Morgan fingerprint density at radius 1 is 0.953 bits per heavy atom. The lowest BCUT2D eigenvalue weighted by molar-refractivity contribution is -0.308. The van der Waals surface area contributed by atoms with Gasteiger partial charge >= 0.3 is 24.6 Å². The molecule has 43 heavy (non-hydrogen) atoms. The molecule has 2 aliphatic rings. The van der Waals surface area contributed by atoms with Crippen molar-refractivity contribution in [1.82, 2.24) is 14.5 Å². The van der Waals surface area contributed by atoms with Crippen molar-refractivity contribution >= 4 is 22.0 Å². The van der Waals surface area contributed by atoms with Gasteiger partial charge in [0.05, 0.1) is 11.8 Å². The Bertz CT molecular complexity index is 1260. The zero-order chi connectivity index (χ0) is 32.4. The maximum atomic E-state index is 13.4. The number of likely N-dealkylation sites (tertiary alicyclic amines) is 2. The molecular formula is C25H30F9N3O5S. The molecule has 0 unspecified atom stereocenters. The normalized spacial score (nSPS) is 18.3. The topological polar surface area (TPSA) is 96.0 Å². The molecule has 0 bridgehead atoms. The largest absolute Gasteiger partial charge is 0.434 e. The smallest absolute Gasteiger partial charge is 0.426 e. The van der Waals surface area contributed by atoms with Crippen molar-refractivity contribution in [3.63, 3.8) is 0 Å². The molecule has 18 heteroatoms. The molecule has 3 rings (SSSR count). The maximum Gasteiger partial charge on any atom is 0.434 e. The Hall–Kier alpha value is -2.76. The molecule has 1 aromatic rings. The molecule has 2 heterocycles. The number of amides is 2. The van der Waals surface area contributed by atoms with Crippen LogP contribution in [0.3, 0.4) is 0 Å². The van der Waals surface area contributed by atoms with Gasteiger partial charge in [0.15, 0.2) is 0 Å². The van der Waals surface area contributed by atoms with Crippen LogP contribution in [0.15, 0.2) is 18.2 Å². The fourth-order valence-corrected chi connectivity index (χ4v) is 6.02. The highest BCUT2D eigenvalue weighted by Crippen LogP contribution is 2.41. The van der Waals surface area contributed by atoms with Crippen molar-refractivity contribution in [2.75, 3.05) is 25.9 Å². The average molecular weight is 656 g/mol. The summed E-state index contributed by atoms with van der Waals surface area (Å²) in [7, 11) is -3.80. The second kappa shape index (κ2) is 12.7. The summed E-state index contributed by atoms with van der Waals surface area (Å²) >= 11 is 0. The number of halogens is 9. The van der Waals surface area contributed by atoms with Crippen molar-refractivity contribution in [1.29, 1.82) is 0 Å². The first-order valence-electron chi connectivity index (χ1n) is 13.1. The van der Waals surface area contributed by atoms with E-state index in [1.165, 1.54) is 6.07 Å². The van der Waals surface area contributed by atoms with Crippen LogP contribution < -0.4 is 4.72 Å². The van der Waals surface area contributed by atoms with Gasteiger partial charge in [-0.25, -0.2) is 13.2 Å². The van der Waals surface area contributed by atoms with E-state index in [0.29, 0.717) is 24.9 Å². The molecule has 0 aromatic heterocycles. The second-order valence-electron chi connectivity index (χ2n) is 10.7. The molecule has 2 saturated heterocycles.